The third-order valence-corrected chi connectivity index (χ3v) is 5.90. The standard InChI is InChI=1S/C15H12N2O3S3/c1-16-9-4-2-3-5-10(9)22-12(16)7-6-11-14(20)17(8-13(18)19)15(21)23-11/h2-7H,8H2,1H3,(H,18,19)/b11-6-,12-7+. The van der Waals surface area contributed by atoms with Gasteiger partial charge in [-0.1, -0.05) is 47.9 Å². The van der Waals surface area contributed by atoms with Gasteiger partial charge in [-0.25, -0.2) is 0 Å². The number of hydrogen-bond acceptors (Lipinski definition) is 6. The van der Waals surface area contributed by atoms with E-state index in [2.05, 4.69) is 4.90 Å². The van der Waals surface area contributed by atoms with Crippen LogP contribution in [-0.4, -0.2) is 39.8 Å². The average Bonchev–Trinajstić information content (AvgIpc) is 2.97. The molecule has 2 heterocycles. The Hall–Kier alpha value is -1.77. The van der Waals surface area contributed by atoms with E-state index >= 15 is 0 Å². The average molecular weight is 364 g/mol. The summed E-state index contributed by atoms with van der Waals surface area (Å²) in [5.41, 5.74) is 1.12. The Labute approximate surface area is 147 Å². The molecule has 1 N–H and O–H groups in total. The van der Waals surface area contributed by atoms with E-state index in [0.29, 0.717) is 4.91 Å². The van der Waals surface area contributed by atoms with Crippen LogP contribution in [0.15, 0.2) is 51.2 Å². The van der Waals surface area contributed by atoms with E-state index in [-0.39, 0.29) is 10.2 Å². The predicted octanol–water partition coefficient (Wildman–Crippen LogP) is 2.90. The number of benzene rings is 1. The molecule has 23 heavy (non-hydrogen) atoms. The Morgan fingerprint density at radius 1 is 1.30 bits per heavy atom. The molecule has 118 valence electrons. The fraction of sp³-hybridized carbons (Fsp3) is 0.133. The molecule has 1 aromatic carbocycles. The van der Waals surface area contributed by atoms with Gasteiger partial charge in [0.05, 0.1) is 15.6 Å². The van der Waals surface area contributed by atoms with Gasteiger partial charge in [0.2, 0.25) is 0 Å². The Morgan fingerprint density at radius 3 is 2.74 bits per heavy atom. The first kappa shape index (κ1) is 16.1. The quantitative estimate of drug-likeness (QED) is 0.654. The van der Waals surface area contributed by atoms with E-state index in [4.69, 9.17) is 17.3 Å². The molecule has 0 radical (unpaired) electrons. The van der Waals surface area contributed by atoms with Gasteiger partial charge < -0.3 is 10.0 Å². The Balaban J connectivity index is 1.80. The van der Waals surface area contributed by atoms with Crippen molar-refractivity contribution in [2.45, 2.75) is 4.90 Å². The number of anilines is 1. The van der Waals surface area contributed by atoms with Crippen molar-refractivity contribution in [2.75, 3.05) is 18.5 Å². The molecule has 5 nitrogen and oxygen atoms in total. The van der Waals surface area contributed by atoms with E-state index in [0.717, 1.165) is 32.3 Å². The van der Waals surface area contributed by atoms with Gasteiger partial charge in [-0.2, -0.15) is 0 Å². The number of carbonyl (C=O) groups excluding carboxylic acids is 1. The van der Waals surface area contributed by atoms with Crippen LogP contribution in [0.2, 0.25) is 0 Å². The van der Waals surface area contributed by atoms with Gasteiger partial charge in [0.25, 0.3) is 5.91 Å². The van der Waals surface area contributed by atoms with Gasteiger partial charge in [0.1, 0.15) is 10.9 Å². The zero-order chi connectivity index (χ0) is 16.6. The molecule has 1 aromatic rings. The van der Waals surface area contributed by atoms with E-state index in [1.807, 2.05) is 37.4 Å². The van der Waals surface area contributed by atoms with Crippen LogP contribution in [0.1, 0.15) is 0 Å². The van der Waals surface area contributed by atoms with Gasteiger partial charge in [-0.05, 0) is 24.3 Å². The molecule has 3 rings (SSSR count). The third kappa shape index (κ3) is 3.15. The molecule has 1 fully saturated rings. The highest BCUT2D eigenvalue weighted by Crippen LogP contribution is 2.44. The Morgan fingerprint density at radius 2 is 2.04 bits per heavy atom. The molecular weight excluding hydrogens is 352 g/mol. The van der Waals surface area contributed by atoms with Gasteiger partial charge in [0.15, 0.2) is 0 Å². The molecule has 1 amide bonds. The molecule has 0 aromatic heterocycles. The van der Waals surface area contributed by atoms with Gasteiger partial charge in [0, 0.05) is 11.9 Å². The second-order valence-corrected chi connectivity index (χ2v) is 7.56. The van der Waals surface area contributed by atoms with Gasteiger partial charge in [-0.15, -0.1) is 0 Å². The number of hydrogen-bond donors (Lipinski definition) is 1. The molecule has 1 saturated heterocycles. The maximum absolute atomic E-state index is 12.2. The monoisotopic (exact) mass is 364 g/mol. The van der Waals surface area contributed by atoms with Crippen molar-refractivity contribution < 1.29 is 14.7 Å². The van der Waals surface area contributed by atoms with Crippen LogP contribution in [0, 0.1) is 0 Å². The number of rotatable bonds is 3. The summed E-state index contributed by atoms with van der Waals surface area (Å²) in [6.45, 7) is -0.404. The number of para-hydroxylation sites is 1. The molecule has 0 saturated carbocycles. The number of carboxylic acids is 1. The fourth-order valence-electron chi connectivity index (χ4n) is 2.20. The Kier molecular flexibility index (Phi) is 4.47. The number of carboxylic acid groups (broad SMARTS) is 1. The summed E-state index contributed by atoms with van der Waals surface area (Å²) in [5, 5.41) is 9.82. The zero-order valence-electron chi connectivity index (χ0n) is 12.1. The lowest BCUT2D eigenvalue weighted by molar-refractivity contribution is -0.140. The van der Waals surface area contributed by atoms with E-state index < -0.39 is 12.5 Å². The number of allylic oxidation sites excluding steroid dienone is 2. The lowest BCUT2D eigenvalue weighted by Crippen LogP contribution is -2.33. The number of nitrogens with zero attached hydrogens (tertiary/aromatic N) is 2. The van der Waals surface area contributed by atoms with Crippen molar-refractivity contribution in [2.24, 2.45) is 0 Å². The molecule has 2 aliphatic heterocycles. The van der Waals surface area contributed by atoms with Crippen LogP contribution in [0.5, 0.6) is 0 Å². The topological polar surface area (TPSA) is 60.9 Å². The molecule has 0 aliphatic carbocycles. The predicted molar refractivity (Wildman–Crippen MR) is 96.4 cm³/mol. The minimum atomic E-state index is -1.08. The van der Waals surface area contributed by atoms with Crippen LogP contribution >= 0.6 is 35.7 Å². The summed E-state index contributed by atoms with van der Waals surface area (Å²) in [6, 6.07) is 8.05. The van der Waals surface area contributed by atoms with Gasteiger partial charge >= 0.3 is 5.97 Å². The van der Waals surface area contributed by atoms with E-state index in [1.165, 1.54) is 0 Å². The molecular formula is C15H12N2O3S3. The third-order valence-electron chi connectivity index (χ3n) is 3.32. The zero-order valence-corrected chi connectivity index (χ0v) is 14.5. The van der Waals surface area contributed by atoms with Crippen molar-refractivity contribution >= 4 is 57.6 Å². The molecule has 0 unspecified atom stereocenters. The van der Waals surface area contributed by atoms with Crippen LogP contribution in [0.3, 0.4) is 0 Å². The van der Waals surface area contributed by atoms with Crippen molar-refractivity contribution in [1.82, 2.24) is 4.90 Å². The maximum Gasteiger partial charge on any atom is 0.323 e. The highest BCUT2D eigenvalue weighted by Gasteiger charge is 2.33. The lowest BCUT2D eigenvalue weighted by atomic mass is 10.3. The minimum Gasteiger partial charge on any atom is -0.480 e. The van der Waals surface area contributed by atoms with Crippen LogP contribution < -0.4 is 4.90 Å². The van der Waals surface area contributed by atoms with Crippen molar-refractivity contribution in [3.05, 3.63) is 46.4 Å². The Bertz CT molecular complexity index is 773. The summed E-state index contributed by atoms with van der Waals surface area (Å²) in [7, 11) is 1.97. The number of thioether (sulfide) groups is 2. The van der Waals surface area contributed by atoms with Crippen LogP contribution in [0.25, 0.3) is 0 Å². The van der Waals surface area contributed by atoms with Crippen molar-refractivity contribution in [3.63, 3.8) is 0 Å². The van der Waals surface area contributed by atoms with Crippen molar-refractivity contribution in [1.29, 1.82) is 0 Å². The number of aliphatic carboxylic acids is 1. The van der Waals surface area contributed by atoms with Crippen LogP contribution in [0.4, 0.5) is 5.69 Å². The SMILES string of the molecule is CN1/C(=C\C=C2/SC(=S)N(CC(=O)O)C2=O)Sc2ccccc21. The summed E-state index contributed by atoms with van der Waals surface area (Å²) in [5.74, 6) is -1.44. The second kappa shape index (κ2) is 6.38. The first-order chi connectivity index (χ1) is 11.0. The van der Waals surface area contributed by atoms with Crippen molar-refractivity contribution in [3.8, 4) is 0 Å². The number of fused-ring (bicyclic) bond motifs is 1. The number of carbonyl (C=O) groups is 2. The summed E-state index contributed by atoms with van der Waals surface area (Å²) in [4.78, 5) is 27.7. The first-order valence-electron chi connectivity index (χ1n) is 6.65. The highest BCUT2D eigenvalue weighted by atomic mass is 32.2. The summed E-state index contributed by atoms with van der Waals surface area (Å²) in [6.07, 6.45) is 3.56. The molecule has 8 heteroatoms. The lowest BCUT2D eigenvalue weighted by Gasteiger charge is -2.12. The fourth-order valence-corrected chi connectivity index (χ4v) is 4.45. The highest BCUT2D eigenvalue weighted by molar-refractivity contribution is 8.26. The van der Waals surface area contributed by atoms with Crippen LogP contribution in [-0.2, 0) is 9.59 Å². The van der Waals surface area contributed by atoms with E-state index in [1.54, 1.807) is 17.8 Å². The molecule has 0 atom stereocenters. The summed E-state index contributed by atoms with van der Waals surface area (Å²) >= 11 is 7.82. The molecule has 0 bridgehead atoms. The smallest absolute Gasteiger partial charge is 0.323 e. The van der Waals surface area contributed by atoms with E-state index in [9.17, 15) is 9.59 Å². The minimum absolute atomic E-state index is 0.276. The largest absolute Gasteiger partial charge is 0.480 e. The normalized spacial score (nSPS) is 20.7. The first-order valence-corrected chi connectivity index (χ1v) is 8.69. The molecule has 2 aliphatic rings. The molecule has 0 spiro atoms. The van der Waals surface area contributed by atoms with Gasteiger partial charge in [-0.3, -0.25) is 14.5 Å². The maximum atomic E-state index is 12.2. The second-order valence-electron chi connectivity index (χ2n) is 4.82. The number of amides is 1. The summed E-state index contributed by atoms with van der Waals surface area (Å²) < 4.78 is 0.276. The number of thiocarbonyl (C=S) groups is 1.